The highest BCUT2D eigenvalue weighted by molar-refractivity contribution is 5.76. The fraction of sp³-hybridized carbons (Fsp3) is 0.696. The Morgan fingerprint density at radius 1 is 1.00 bits per heavy atom. The topological polar surface area (TPSA) is 153 Å². The maximum atomic E-state index is 12.7. The average molecular weight is 754 g/mol. The van der Waals surface area contributed by atoms with Crippen molar-refractivity contribution >= 4 is 11.9 Å². The number of aliphatic hydroxyl groups is 1. The molecule has 298 valence electrons. The van der Waals surface area contributed by atoms with Gasteiger partial charge in [-0.05, 0) is 159 Å². The molecule has 1 heterocycles. The number of nitrogens with one attached hydrogen (secondary N) is 1. The molecule has 0 aliphatic heterocycles. The molecule has 4 N–H and O–H groups in total. The van der Waals surface area contributed by atoms with Crippen LogP contribution >= 0.6 is 0 Å². The van der Waals surface area contributed by atoms with Crippen molar-refractivity contribution in [2.45, 2.75) is 130 Å². The second-order valence-electron chi connectivity index (χ2n) is 19.9. The van der Waals surface area contributed by atoms with E-state index in [1.807, 2.05) is 0 Å². The number of ether oxygens (including phenoxy) is 1. The lowest BCUT2D eigenvalue weighted by atomic mass is 9.33. The van der Waals surface area contributed by atoms with Crippen LogP contribution in [0.25, 0.3) is 0 Å². The van der Waals surface area contributed by atoms with E-state index in [1.54, 1.807) is 18.3 Å². The first-order valence-corrected chi connectivity index (χ1v) is 20.8. The third-order valence-electron chi connectivity index (χ3n) is 17.4. The van der Waals surface area contributed by atoms with Gasteiger partial charge in [0, 0.05) is 18.3 Å². The maximum Gasteiger partial charge on any atom is 0.333 e. The SMILES string of the molecule is C=C(C)[C@@H]1CC[C@]2(NC[C@H](O)C(=O)O)CC[C@]3(C)[C@H](CC[C@@H]4[C@@]5(C)CC=C(C6=CC[C@](COc7ncccc7C#N)(C(=O)O)CC6)C(C)(C)[C@@H]5CC[C@]43C)[C@@H]12. The number of aromatic nitrogens is 1. The van der Waals surface area contributed by atoms with Gasteiger partial charge in [-0.1, -0.05) is 58.9 Å². The Morgan fingerprint density at radius 2 is 1.76 bits per heavy atom. The molecule has 7 rings (SSSR count). The third-order valence-corrected chi connectivity index (χ3v) is 17.4. The van der Waals surface area contributed by atoms with Crippen molar-refractivity contribution in [1.82, 2.24) is 10.3 Å². The molecule has 1 aromatic heterocycles. The molecule has 55 heavy (non-hydrogen) atoms. The minimum absolute atomic E-state index is 0.0313. The van der Waals surface area contributed by atoms with Gasteiger partial charge in [-0.2, -0.15) is 5.26 Å². The number of aliphatic hydroxyl groups excluding tert-OH is 1. The molecule has 0 unspecified atom stereocenters. The number of carboxylic acids is 2. The highest BCUT2D eigenvalue weighted by Gasteiger charge is 2.70. The fourth-order valence-corrected chi connectivity index (χ4v) is 14.3. The zero-order chi connectivity index (χ0) is 39.8. The Hall–Kier alpha value is -3.48. The van der Waals surface area contributed by atoms with Crippen molar-refractivity contribution in [2.75, 3.05) is 13.2 Å². The van der Waals surface area contributed by atoms with E-state index in [1.165, 1.54) is 29.6 Å². The lowest BCUT2D eigenvalue weighted by Crippen LogP contribution is -2.68. The van der Waals surface area contributed by atoms with Crippen molar-refractivity contribution in [2.24, 2.45) is 56.7 Å². The summed E-state index contributed by atoms with van der Waals surface area (Å²) in [6.07, 6.45) is 16.2. The lowest BCUT2D eigenvalue weighted by Gasteiger charge is -2.72. The molecule has 9 nitrogen and oxygen atoms in total. The lowest BCUT2D eigenvalue weighted by molar-refractivity contribution is -0.221. The van der Waals surface area contributed by atoms with Crippen LogP contribution < -0.4 is 10.1 Å². The molecule has 0 aromatic carbocycles. The number of nitrogens with zero attached hydrogens (tertiary/aromatic N) is 2. The Morgan fingerprint density at radius 3 is 2.42 bits per heavy atom. The number of nitriles is 1. The van der Waals surface area contributed by atoms with E-state index in [2.05, 4.69) is 76.6 Å². The van der Waals surface area contributed by atoms with Crippen LogP contribution in [0.3, 0.4) is 0 Å². The van der Waals surface area contributed by atoms with Crippen LogP contribution in [-0.4, -0.2) is 57.0 Å². The Kier molecular flexibility index (Phi) is 10.0. The molecular formula is C46H63N3O6. The average Bonchev–Trinajstić information content (AvgIpc) is 3.53. The molecule has 0 bridgehead atoms. The van der Waals surface area contributed by atoms with Crippen molar-refractivity contribution in [3.63, 3.8) is 0 Å². The van der Waals surface area contributed by atoms with Crippen molar-refractivity contribution < 1.29 is 29.6 Å². The molecule has 1 aromatic rings. The van der Waals surface area contributed by atoms with Gasteiger partial charge in [-0.3, -0.25) is 4.79 Å². The molecule has 9 heteroatoms. The summed E-state index contributed by atoms with van der Waals surface area (Å²) < 4.78 is 5.92. The number of hydrogen-bond acceptors (Lipinski definition) is 7. The predicted octanol–water partition coefficient (Wildman–Crippen LogP) is 8.49. The van der Waals surface area contributed by atoms with Crippen molar-refractivity contribution in [3.05, 3.63) is 59.3 Å². The Bertz CT molecular complexity index is 1850. The maximum absolute atomic E-state index is 12.7. The predicted molar refractivity (Wildman–Crippen MR) is 211 cm³/mol. The fourth-order valence-electron chi connectivity index (χ4n) is 14.3. The first kappa shape index (κ1) is 39.7. The van der Waals surface area contributed by atoms with Gasteiger partial charge in [0.05, 0.1) is 0 Å². The minimum Gasteiger partial charge on any atom is -0.481 e. The molecule has 4 fully saturated rings. The molecule has 11 atom stereocenters. The van der Waals surface area contributed by atoms with Crippen LogP contribution in [0.4, 0.5) is 0 Å². The van der Waals surface area contributed by atoms with Crippen molar-refractivity contribution in [3.8, 4) is 11.9 Å². The summed E-state index contributed by atoms with van der Waals surface area (Å²) in [4.78, 5) is 28.5. The zero-order valence-electron chi connectivity index (χ0n) is 33.9. The third kappa shape index (κ3) is 6.02. The largest absolute Gasteiger partial charge is 0.481 e. The van der Waals surface area contributed by atoms with E-state index in [-0.39, 0.29) is 46.2 Å². The van der Waals surface area contributed by atoms with Gasteiger partial charge >= 0.3 is 11.9 Å². The Balaban J connectivity index is 1.14. The van der Waals surface area contributed by atoms with E-state index in [0.29, 0.717) is 54.4 Å². The monoisotopic (exact) mass is 753 g/mol. The van der Waals surface area contributed by atoms with E-state index in [0.717, 1.165) is 44.9 Å². The minimum atomic E-state index is -1.41. The zero-order valence-corrected chi connectivity index (χ0v) is 33.9. The summed E-state index contributed by atoms with van der Waals surface area (Å²) in [7, 11) is 0. The van der Waals surface area contributed by atoms with Crippen molar-refractivity contribution in [1.29, 1.82) is 5.26 Å². The summed E-state index contributed by atoms with van der Waals surface area (Å²) in [5, 5.41) is 43.4. The van der Waals surface area contributed by atoms with Gasteiger partial charge in [0.2, 0.25) is 5.88 Å². The van der Waals surface area contributed by atoms with Gasteiger partial charge in [0.1, 0.15) is 23.7 Å². The summed E-state index contributed by atoms with van der Waals surface area (Å²) in [5.41, 5.74) is 3.31. The van der Waals surface area contributed by atoms with E-state index in [9.17, 15) is 30.2 Å². The molecular weight excluding hydrogens is 691 g/mol. The van der Waals surface area contributed by atoms with Crippen LogP contribution in [0.2, 0.25) is 0 Å². The second kappa shape index (κ2) is 13.9. The standard InChI is InChI=1S/C46H63N3O6/c1-28(2)31-14-21-46(49-26-34(50)39(51)52)23-22-43(6)33(37(31)46)10-11-36-42(5)17-15-32(41(3,4)35(42)16-18-44(36,43)7)29-12-19-45(20-13-29,40(53)54)27-55-38-30(25-47)9-8-24-48-38/h8-9,12,15,24,31,33-37,49-50H,1,10-11,13-14,16-23,26-27H2,2-7H3,(H,51,52)(H,53,54)/t31-,33+,34-,35-,36+,37+,42-,43+,44+,45-,46-/m0/s1. The quantitative estimate of drug-likeness (QED) is 0.172. The van der Waals surface area contributed by atoms with Crippen LogP contribution in [0.1, 0.15) is 124 Å². The summed E-state index contributed by atoms with van der Waals surface area (Å²) in [5.74, 6) is 0.471. The number of carbonyl (C=O) groups is 2. The van der Waals surface area contributed by atoms with Gasteiger partial charge in [0.25, 0.3) is 0 Å². The smallest absolute Gasteiger partial charge is 0.333 e. The number of fused-ring (bicyclic) bond motifs is 7. The molecule has 6 aliphatic carbocycles. The Labute approximate surface area is 327 Å². The normalized spacial score (nSPS) is 40.8. The van der Waals surface area contributed by atoms with E-state index >= 15 is 0 Å². The first-order valence-electron chi connectivity index (χ1n) is 20.8. The number of allylic oxidation sites excluding steroid dienone is 5. The highest BCUT2D eigenvalue weighted by Crippen LogP contribution is 2.76. The second-order valence-corrected chi connectivity index (χ2v) is 19.9. The number of hydrogen-bond donors (Lipinski definition) is 4. The number of aliphatic carboxylic acids is 2. The van der Waals surface area contributed by atoms with Crippen LogP contribution in [0.5, 0.6) is 5.88 Å². The molecule has 0 amide bonds. The van der Waals surface area contributed by atoms with E-state index in [4.69, 9.17) is 4.74 Å². The van der Waals surface area contributed by atoms with Gasteiger partial charge in [0.15, 0.2) is 6.10 Å². The van der Waals surface area contributed by atoms with Gasteiger partial charge < -0.3 is 25.4 Å². The van der Waals surface area contributed by atoms with Crippen LogP contribution in [0.15, 0.2) is 53.8 Å². The summed E-state index contributed by atoms with van der Waals surface area (Å²) in [6.45, 7) is 19.4. The van der Waals surface area contributed by atoms with Gasteiger partial charge in [-0.15, -0.1) is 0 Å². The molecule has 0 saturated heterocycles. The summed E-state index contributed by atoms with van der Waals surface area (Å²) in [6, 6.07) is 5.39. The van der Waals surface area contributed by atoms with Crippen LogP contribution in [0, 0.1) is 68.0 Å². The van der Waals surface area contributed by atoms with Crippen LogP contribution in [-0.2, 0) is 9.59 Å². The molecule has 0 radical (unpaired) electrons. The summed E-state index contributed by atoms with van der Waals surface area (Å²) >= 11 is 0. The number of pyridine rings is 1. The number of carboxylic acid groups (broad SMARTS) is 2. The highest BCUT2D eigenvalue weighted by atomic mass is 16.5. The van der Waals surface area contributed by atoms with E-state index < -0.39 is 23.5 Å². The molecule has 6 aliphatic rings. The number of β-amino-alcohol motifs (C(OH)–C–C–N with tert-alkyl or cyclic N) is 1. The first-order chi connectivity index (χ1) is 25.9. The number of rotatable bonds is 10. The van der Waals surface area contributed by atoms with Gasteiger partial charge in [-0.25, -0.2) is 9.78 Å². The molecule has 0 spiro atoms. The molecule has 4 saturated carbocycles.